The SMILES string of the molecule is C=C(C)CC1C2C(C)(C)C23c2c(-c4ccc(Cl)c(Cl)c4)cccc2C3N1Cc1ccc2c(c1)OCO2. The largest absolute Gasteiger partial charge is 0.454 e. The van der Waals surface area contributed by atoms with E-state index in [-0.39, 0.29) is 10.8 Å². The second-order valence-electron chi connectivity index (χ2n) is 11.5. The molecule has 5 heteroatoms. The van der Waals surface area contributed by atoms with Crippen LogP contribution in [0.1, 0.15) is 49.9 Å². The van der Waals surface area contributed by atoms with Crippen LogP contribution in [0.5, 0.6) is 11.5 Å². The number of likely N-dealkylation sites (tertiary alicyclic amines) is 1. The minimum atomic E-state index is 0.126. The van der Waals surface area contributed by atoms with Crippen molar-refractivity contribution in [3.8, 4) is 22.6 Å². The first-order valence-electron chi connectivity index (χ1n) is 12.6. The van der Waals surface area contributed by atoms with Crippen molar-refractivity contribution in [2.75, 3.05) is 6.79 Å². The third-order valence-corrected chi connectivity index (χ3v) is 9.96. The maximum Gasteiger partial charge on any atom is 0.231 e. The van der Waals surface area contributed by atoms with Gasteiger partial charge in [0.25, 0.3) is 0 Å². The second kappa shape index (κ2) is 7.54. The van der Waals surface area contributed by atoms with Crippen LogP contribution in [0.15, 0.2) is 66.7 Å². The highest BCUT2D eigenvalue weighted by Crippen LogP contribution is 2.87. The van der Waals surface area contributed by atoms with E-state index in [0.29, 0.717) is 34.8 Å². The summed E-state index contributed by atoms with van der Waals surface area (Å²) in [5.41, 5.74) is 8.21. The number of hydrogen-bond donors (Lipinski definition) is 0. The lowest BCUT2D eigenvalue weighted by molar-refractivity contribution is 0.0900. The maximum atomic E-state index is 6.45. The van der Waals surface area contributed by atoms with Gasteiger partial charge >= 0.3 is 0 Å². The first kappa shape index (κ1) is 22.7. The van der Waals surface area contributed by atoms with E-state index in [1.807, 2.05) is 18.2 Å². The predicted molar refractivity (Wildman–Crippen MR) is 145 cm³/mol. The Kier molecular flexibility index (Phi) is 4.75. The van der Waals surface area contributed by atoms with Gasteiger partial charge < -0.3 is 9.47 Å². The summed E-state index contributed by atoms with van der Waals surface area (Å²) in [5.74, 6) is 2.25. The molecule has 0 radical (unpaired) electrons. The number of halogens is 2. The topological polar surface area (TPSA) is 21.7 Å². The zero-order valence-electron chi connectivity index (χ0n) is 20.8. The van der Waals surface area contributed by atoms with E-state index < -0.39 is 0 Å². The first-order valence-corrected chi connectivity index (χ1v) is 13.4. The van der Waals surface area contributed by atoms with Crippen molar-refractivity contribution in [2.45, 2.75) is 51.2 Å². The normalized spacial score (nSPS) is 28.2. The maximum absolute atomic E-state index is 6.45. The molecule has 2 fully saturated rings. The molecule has 1 saturated heterocycles. The molecule has 3 aromatic rings. The van der Waals surface area contributed by atoms with Crippen LogP contribution in [0, 0.1) is 11.3 Å². The standard InChI is InChI=1S/C31H29Cl2NO2/c1-17(2)12-24-28-30(3,4)31(28)27-20(19-9-10-22(32)23(33)14-19)6-5-7-21(27)29(31)34(24)15-18-8-11-25-26(13-18)36-16-35-25/h5-11,13-14,24,28-29H,1,12,15-16H2,2-4H3. The number of hydrogen-bond acceptors (Lipinski definition) is 3. The highest BCUT2D eigenvalue weighted by atomic mass is 35.5. The van der Waals surface area contributed by atoms with Gasteiger partial charge in [-0.25, -0.2) is 0 Å². The number of rotatable bonds is 5. The van der Waals surface area contributed by atoms with Gasteiger partial charge in [0.15, 0.2) is 11.5 Å². The Bertz CT molecular complexity index is 1450. The van der Waals surface area contributed by atoms with Crippen molar-refractivity contribution >= 4 is 23.2 Å². The number of benzene rings is 3. The molecule has 4 aliphatic rings. The lowest BCUT2D eigenvalue weighted by Gasteiger charge is -2.49. The minimum absolute atomic E-state index is 0.126. The molecule has 0 bridgehead atoms. The molecule has 184 valence electrons. The third kappa shape index (κ3) is 2.80. The summed E-state index contributed by atoms with van der Waals surface area (Å²) in [5, 5.41) is 1.19. The Labute approximate surface area is 222 Å². The smallest absolute Gasteiger partial charge is 0.231 e. The van der Waals surface area contributed by atoms with Crippen LogP contribution in [0.3, 0.4) is 0 Å². The average Bonchev–Trinajstić information content (AvgIpc) is 3.11. The lowest BCUT2D eigenvalue weighted by atomic mass is 9.63. The number of piperidine rings is 1. The van der Waals surface area contributed by atoms with E-state index in [9.17, 15) is 0 Å². The van der Waals surface area contributed by atoms with E-state index >= 15 is 0 Å². The van der Waals surface area contributed by atoms with Gasteiger partial charge in [0, 0.05) is 24.0 Å². The van der Waals surface area contributed by atoms with Crippen molar-refractivity contribution in [3.63, 3.8) is 0 Å². The molecule has 7 rings (SSSR count). The van der Waals surface area contributed by atoms with Crippen LogP contribution in [-0.4, -0.2) is 17.7 Å². The van der Waals surface area contributed by atoms with E-state index in [1.165, 1.54) is 27.8 Å². The summed E-state index contributed by atoms with van der Waals surface area (Å²) >= 11 is 12.7. The van der Waals surface area contributed by atoms with Crippen LogP contribution in [0.2, 0.25) is 10.0 Å². The van der Waals surface area contributed by atoms with Crippen molar-refractivity contribution in [3.05, 3.63) is 93.5 Å². The fourth-order valence-electron chi connectivity index (χ4n) is 7.96. The van der Waals surface area contributed by atoms with Gasteiger partial charge in [-0.3, -0.25) is 4.90 Å². The summed E-state index contributed by atoms with van der Waals surface area (Å²) in [6, 6.07) is 20.0. The predicted octanol–water partition coefficient (Wildman–Crippen LogP) is 8.19. The van der Waals surface area contributed by atoms with Gasteiger partial charge in [-0.05, 0) is 76.8 Å². The molecule has 1 spiro atoms. The quantitative estimate of drug-likeness (QED) is 0.318. The van der Waals surface area contributed by atoms with E-state index in [0.717, 1.165) is 30.0 Å². The highest BCUT2D eigenvalue weighted by molar-refractivity contribution is 6.42. The molecule has 2 heterocycles. The monoisotopic (exact) mass is 517 g/mol. The molecular weight excluding hydrogens is 489 g/mol. The summed E-state index contributed by atoms with van der Waals surface area (Å²) < 4.78 is 11.2. The summed E-state index contributed by atoms with van der Waals surface area (Å²) in [4.78, 5) is 2.74. The van der Waals surface area contributed by atoms with Crippen LogP contribution in [0.4, 0.5) is 0 Å². The van der Waals surface area contributed by atoms with Crippen LogP contribution in [-0.2, 0) is 12.0 Å². The van der Waals surface area contributed by atoms with Crippen molar-refractivity contribution in [1.29, 1.82) is 0 Å². The highest BCUT2D eigenvalue weighted by Gasteiger charge is 2.86. The molecule has 1 saturated carbocycles. The Morgan fingerprint density at radius 2 is 1.83 bits per heavy atom. The van der Waals surface area contributed by atoms with Crippen LogP contribution in [0.25, 0.3) is 11.1 Å². The van der Waals surface area contributed by atoms with Crippen LogP contribution < -0.4 is 9.47 Å². The molecule has 3 aromatic carbocycles. The van der Waals surface area contributed by atoms with Gasteiger partial charge in [-0.2, -0.15) is 0 Å². The molecular formula is C31H29Cl2NO2. The summed E-state index contributed by atoms with van der Waals surface area (Å²) in [7, 11) is 0. The Morgan fingerprint density at radius 1 is 1.03 bits per heavy atom. The number of ether oxygens (including phenoxy) is 2. The molecule has 36 heavy (non-hydrogen) atoms. The Balaban J connectivity index is 1.35. The zero-order valence-corrected chi connectivity index (χ0v) is 22.3. The van der Waals surface area contributed by atoms with E-state index in [2.05, 4.69) is 68.6 Å². The fourth-order valence-corrected chi connectivity index (χ4v) is 8.26. The van der Waals surface area contributed by atoms with E-state index in [1.54, 1.807) is 0 Å². The molecule has 0 N–H and O–H groups in total. The average molecular weight is 518 g/mol. The van der Waals surface area contributed by atoms with Gasteiger partial charge in [0.1, 0.15) is 0 Å². The lowest BCUT2D eigenvalue weighted by Crippen LogP contribution is -2.46. The molecule has 2 aliphatic heterocycles. The van der Waals surface area contributed by atoms with E-state index in [4.69, 9.17) is 32.7 Å². The molecule has 2 aliphatic carbocycles. The summed E-state index contributed by atoms with van der Waals surface area (Å²) in [6.45, 7) is 12.6. The summed E-state index contributed by atoms with van der Waals surface area (Å²) in [6.07, 6.45) is 1.01. The van der Waals surface area contributed by atoms with Crippen molar-refractivity contribution < 1.29 is 9.47 Å². The minimum Gasteiger partial charge on any atom is -0.454 e. The molecule has 4 atom stereocenters. The van der Waals surface area contributed by atoms with Crippen molar-refractivity contribution in [1.82, 2.24) is 4.90 Å². The fraction of sp³-hybridized carbons (Fsp3) is 0.355. The second-order valence-corrected chi connectivity index (χ2v) is 12.3. The third-order valence-electron chi connectivity index (χ3n) is 9.22. The molecule has 3 nitrogen and oxygen atoms in total. The molecule has 0 amide bonds. The van der Waals surface area contributed by atoms with Crippen LogP contribution >= 0.6 is 23.2 Å². The zero-order chi connectivity index (χ0) is 25.0. The number of fused-ring (bicyclic) bond motifs is 3. The molecule has 0 aromatic heterocycles. The molecule has 4 unspecified atom stereocenters. The van der Waals surface area contributed by atoms with Crippen molar-refractivity contribution in [2.24, 2.45) is 11.3 Å². The van der Waals surface area contributed by atoms with Gasteiger partial charge in [-0.1, -0.05) is 73.0 Å². The Hall–Kier alpha value is -2.46. The number of nitrogens with zero attached hydrogens (tertiary/aromatic N) is 1. The van der Waals surface area contributed by atoms with Gasteiger partial charge in [0.05, 0.1) is 10.0 Å². The first-order chi connectivity index (χ1) is 17.2. The van der Waals surface area contributed by atoms with Gasteiger partial charge in [0.2, 0.25) is 6.79 Å². The van der Waals surface area contributed by atoms with Gasteiger partial charge in [-0.15, -0.1) is 6.58 Å². The Morgan fingerprint density at radius 3 is 2.61 bits per heavy atom.